The van der Waals surface area contributed by atoms with Crippen molar-refractivity contribution in [2.45, 2.75) is 53.6 Å². The van der Waals surface area contributed by atoms with Crippen molar-refractivity contribution >= 4 is 0 Å². The number of rotatable bonds is 1. The van der Waals surface area contributed by atoms with Gasteiger partial charge in [-0.3, -0.25) is 0 Å². The Bertz CT molecular complexity index is 363. The molecule has 0 fully saturated rings. The first-order chi connectivity index (χ1) is 7.51. The van der Waals surface area contributed by atoms with Crippen LogP contribution in [-0.4, -0.2) is 12.0 Å². The van der Waals surface area contributed by atoms with Gasteiger partial charge in [-0.2, -0.15) is 0 Å². The molecule has 0 N–H and O–H groups in total. The van der Waals surface area contributed by atoms with E-state index in [1.807, 2.05) is 32.9 Å². The van der Waals surface area contributed by atoms with E-state index in [1.165, 1.54) is 6.92 Å². The second-order valence-electron chi connectivity index (χ2n) is 4.00. The van der Waals surface area contributed by atoms with Gasteiger partial charge in [0.15, 0.2) is 5.60 Å². The highest BCUT2D eigenvalue weighted by molar-refractivity contribution is 5.41. The Kier molecular flexibility index (Phi) is 5.59. The van der Waals surface area contributed by atoms with Gasteiger partial charge in [0.1, 0.15) is 5.75 Å². The van der Waals surface area contributed by atoms with Crippen LogP contribution in [0.25, 0.3) is 0 Å². The van der Waals surface area contributed by atoms with E-state index in [9.17, 15) is 8.78 Å². The van der Waals surface area contributed by atoms with Gasteiger partial charge in [0.25, 0.3) is 6.43 Å². The van der Waals surface area contributed by atoms with Gasteiger partial charge in [0.2, 0.25) is 0 Å². The molecular weight excluding hydrogens is 222 g/mol. The van der Waals surface area contributed by atoms with E-state index in [2.05, 4.69) is 0 Å². The fourth-order valence-corrected chi connectivity index (χ4v) is 1.73. The van der Waals surface area contributed by atoms with Crippen LogP contribution in [0.15, 0.2) is 18.2 Å². The molecule has 0 saturated carbocycles. The second kappa shape index (κ2) is 5.99. The van der Waals surface area contributed by atoms with Gasteiger partial charge in [0, 0.05) is 6.42 Å². The van der Waals surface area contributed by atoms with E-state index in [0.717, 1.165) is 11.1 Å². The summed E-state index contributed by atoms with van der Waals surface area (Å²) in [5, 5.41) is 0. The van der Waals surface area contributed by atoms with Crippen LogP contribution in [0.2, 0.25) is 0 Å². The molecule has 17 heavy (non-hydrogen) atoms. The SMILES string of the molecule is C.CC.Cc1ccc2c(c1)CC(C)(C(F)F)O2. The van der Waals surface area contributed by atoms with E-state index >= 15 is 0 Å². The number of halogens is 2. The first-order valence-electron chi connectivity index (χ1n) is 5.58. The second-order valence-corrected chi connectivity index (χ2v) is 4.00. The quantitative estimate of drug-likeness (QED) is 0.700. The summed E-state index contributed by atoms with van der Waals surface area (Å²) in [6.07, 6.45) is -2.16. The number of ether oxygens (including phenoxy) is 1. The maximum Gasteiger partial charge on any atom is 0.277 e. The lowest BCUT2D eigenvalue weighted by Crippen LogP contribution is -2.38. The summed E-state index contributed by atoms with van der Waals surface area (Å²) in [4.78, 5) is 0. The molecule has 1 aromatic carbocycles. The summed E-state index contributed by atoms with van der Waals surface area (Å²) in [5.41, 5.74) is 0.620. The zero-order valence-corrected chi connectivity index (χ0v) is 10.2. The lowest BCUT2D eigenvalue weighted by Gasteiger charge is -2.22. The zero-order valence-electron chi connectivity index (χ0n) is 10.2. The Morgan fingerprint density at radius 2 is 1.88 bits per heavy atom. The molecule has 0 saturated heterocycles. The number of hydrogen-bond acceptors (Lipinski definition) is 1. The minimum absolute atomic E-state index is 0. The van der Waals surface area contributed by atoms with Crippen LogP contribution in [-0.2, 0) is 6.42 Å². The van der Waals surface area contributed by atoms with E-state index in [-0.39, 0.29) is 7.43 Å². The van der Waals surface area contributed by atoms with Crippen molar-refractivity contribution in [3.63, 3.8) is 0 Å². The highest BCUT2D eigenvalue weighted by Crippen LogP contribution is 2.38. The minimum Gasteiger partial charge on any atom is -0.481 e. The predicted octanol–water partition coefficient (Wildman–Crippen LogP) is 4.62. The molecule has 98 valence electrons. The summed E-state index contributed by atoms with van der Waals surface area (Å²) < 4.78 is 30.6. The van der Waals surface area contributed by atoms with Crippen LogP contribution < -0.4 is 4.74 Å². The summed E-state index contributed by atoms with van der Waals surface area (Å²) in [6, 6.07) is 5.54. The van der Waals surface area contributed by atoms with Crippen LogP contribution in [0.3, 0.4) is 0 Å². The molecule has 0 aliphatic carbocycles. The molecule has 1 aliphatic rings. The number of hydrogen-bond donors (Lipinski definition) is 0. The van der Waals surface area contributed by atoms with Gasteiger partial charge in [-0.15, -0.1) is 0 Å². The minimum atomic E-state index is -2.45. The third kappa shape index (κ3) is 3.18. The van der Waals surface area contributed by atoms with Gasteiger partial charge in [-0.05, 0) is 25.5 Å². The maximum absolute atomic E-state index is 12.7. The number of benzene rings is 1. The monoisotopic (exact) mass is 244 g/mol. The zero-order chi connectivity index (χ0) is 12.3. The van der Waals surface area contributed by atoms with E-state index in [4.69, 9.17) is 4.74 Å². The van der Waals surface area contributed by atoms with Crippen molar-refractivity contribution in [3.8, 4) is 5.75 Å². The van der Waals surface area contributed by atoms with Crippen molar-refractivity contribution in [3.05, 3.63) is 29.3 Å². The normalized spacial score (nSPS) is 20.9. The third-order valence-electron chi connectivity index (χ3n) is 2.56. The molecule has 0 radical (unpaired) electrons. The van der Waals surface area contributed by atoms with Crippen molar-refractivity contribution in [1.82, 2.24) is 0 Å². The number of fused-ring (bicyclic) bond motifs is 1. The topological polar surface area (TPSA) is 9.23 Å². The molecule has 0 amide bonds. The molecule has 1 atom stereocenters. The highest BCUT2D eigenvalue weighted by Gasteiger charge is 2.43. The molecule has 1 nitrogen and oxygen atoms in total. The molecule has 0 aromatic heterocycles. The molecular formula is C14H22F2O. The molecule has 0 spiro atoms. The smallest absolute Gasteiger partial charge is 0.277 e. The molecule has 1 unspecified atom stereocenters. The van der Waals surface area contributed by atoms with Crippen molar-refractivity contribution in [1.29, 1.82) is 0 Å². The fourth-order valence-electron chi connectivity index (χ4n) is 1.73. The average Bonchev–Trinajstić information content (AvgIpc) is 2.58. The highest BCUT2D eigenvalue weighted by atomic mass is 19.3. The van der Waals surface area contributed by atoms with Gasteiger partial charge in [-0.1, -0.05) is 39.0 Å². The third-order valence-corrected chi connectivity index (χ3v) is 2.56. The summed E-state index contributed by atoms with van der Waals surface area (Å²) in [7, 11) is 0. The van der Waals surface area contributed by atoms with Crippen molar-refractivity contribution in [2.75, 3.05) is 0 Å². The van der Waals surface area contributed by atoms with E-state index < -0.39 is 12.0 Å². The van der Waals surface area contributed by atoms with Crippen LogP contribution in [0, 0.1) is 6.92 Å². The van der Waals surface area contributed by atoms with Gasteiger partial charge >= 0.3 is 0 Å². The average molecular weight is 244 g/mol. The lowest BCUT2D eigenvalue weighted by atomic mass is 9.99. The Morgan fingerprint density at radius 3 is 2.41 bits per heavy atom. The molecule has 1 aromatic rings. The first-order valence-corrected chi connectivity index (χ1v) is 5.58. The maximum atomic E-state index is 12.7. The lowest BCUT2D eigenvalue weighted by molar-refractivity contribution is -0.0498. The van der Waals surface area contributed by atoms with Crippen LogP contribution in [0.5, 0.6) is 5.75 Å². The Hall–Kier alpha value is -1.12. The fraction of sp³-hybridized carbons (Fsp3) is 0.571. The van der Waals surface area contributed by atoms with Crippen LogP contribution >= 0.6 is 0 Å². The van der Waals surface area contributed by atoms with Gasteiger partial charge in [-0.25, -0.2) is 8.78 Å². The predicted molar refractivity (Wildman–Crippen MR) is 68.0 cm³/mol. The number of alkyl halides is 2. The van der Waals surface area contributed by atoms with Crippen LogP contribution in [0.4, 0.5) is 8.78 Å². The summed E-state index contributed by atoms with van der Waals surface area (Å²) >= 11 is 0. The largest absolute Gasteiger partial charge is 0.481 e. The Labute approximate surface area is 103 Å². The molecule has 1 heterocycles. The van der Waals surface area contributed by atoms with Crippen molar-refractivity contribution < 1.29 is 13.5 Å². The van der Waals surface area contributed by atoms with Gasteiger partial charge in [0.05, 0.1) is 0 Å². The first kappa shape index (κ1) is 15.9. The molecule has 2 rings (SSSR count). The number of aryl methyl sites for hydroxylation is 1. The molecule has 1 aliphatic heterocycles. The van der Waals surface area contributed by atoms with Crippen LogP contribution in [0.1, 0.15) is 39.3 Å². The summed E-state index contributed by atoms with van der Waals surface area (Å²) in [5.74, 6) is 0.596. The molecule has 3 heteroatoms. The molecule has 0 bridgehead atoms. The van der Waals surface area contributed by atoms with E-state index in [1.54, 1.807) is 6.07 Å². The van der Waals surface area contributed by atoms with Gasteiger partial charge < -0.3 is 4.74 Å². The Morgan fingerprint density at radius 1 is 1.29 bits per heavy atom. The van der Waals surface area contributed by atoms with E-state index in [0.29, 0.717) is 12.2 Å². The Balaban J connectivity index is 0.000000811. The summed E-state index contributed by atoms with van der Waals surface area (Å²) in [6.45, 7) is 7.39. The van der Waals surface area contributed by atoms with Crippen molar-refractivity contribution in [2.24, 2.45) is 0 Å². The standard InChI is InChI=1S/C11H12F2O.C2H6.CH4/c1-7-3-4-9-8(5-7)6-11(2,14-9)10(12)13;1-2;/h3-5,10H,6H2,1-2H3;1-2H3;1H4.